The molecule has 0 saturated heterocycles. The predicted molar refractivity (Wildman–Crippen MR) is 69.5 cm³/mol. The Bertz CT molecular complexity index is 607. The fraction of sp³-hybridized carbons (Fsp3) is 0.0769. The van der Waals surface area contributed by atoms with Gasteiger partial charge in [0.15, 0.2) is 0 Å². The fourth-order valence-corrected chi connectivity index (χ4v) is 1.59. The first kappa shape index (κ1) is 14.0. The normalized spacial score (nSPS) is 9.61. The van der Waals surface area contributed by atoms with E-state index in [0.29, 0.717) is 5.75 Å². The highest BCUT2D eigenvalue weighted by atomic mass is 35.5. The first-order chi connectivity index (χ1) is 8.06. The number of carboxylic acid groups (broad SMARTS) is 1. The second-order valence-corrected chi connectivity index (χ2v) is 3.62. The van der Waals surface area contributed by atoms with E-state index >= 15 is 0 Å². The topological polar surface area (TPSA) is 63.6 Å². The largest absolute Gasteiger partial charge is 0.478 e. The van der Waals surface area contributed by atoms with Crippen molar-refractivity contribution in [3.8, 4) is 5.75 Å². The van der Waals surface area contributed by atoms with Crippen molar-refractivity contribution in [2.45, 2.75) is 6.92 Å². The van der Waals surface area contributed by atoms with Gasteiger partial charge in [-0.05, 0) is 35.0 Å². The molecule has 0 aliphatic carbocycles. The van der Waals surface area contributed by atoms with E-state index in [1.54, 1.807) is 30.3 Å². The molecule has 18 heavy (non-hydrogen) atoms. The first-order valence-electron chi connectivity index (χ1n) is 5.02. The van der Waals surface area contributed by atoms with Gasteiger partial charge < -0.3 is 9.84 Å². The molecule has 5 heteroatoms. The molecule has 0 aliphatic heterocycles. The molecule has 0 aromatic heterocycles. The SMILES string of the molecule is CC(=O)Oc1ccc2cc(C(=O)O)ccc2c1.Cl. The summed E-state index contributed by atoms with van der Waals surface area (Å²) in [5, 5.41) is 10.5. The number of carboxylic acids is 1. The molecule has 1 N–H and O–H groups in total. The summed E-state index contributed by atoms with van der Waals surface area (Å²) in [5.41, 5.74) is 0.234. The number of ether oxygens (including phenoxy) is 1. The molecule has 0 heterocycles. The number of aromatic carboxylic acids is 1. The molecule has 0 spiro atoms. The van der Waals surface area contributed by atoms with E-state index < -0.39 is 5.97 Å². The maximum atomic E-state index is 10.8. The minimum Gasteiger partial charge on any atom is -0.478 e. The van der Waals surface area contributed by atoms with Gasteiger partial charge in [-0.3, -0.25) is 4.79 Å². The standard InChI is InChI=1S/C13H10O4.ClH/c1-8(14)17-12-5-4-9-6-11(13(15)16)3-2-10(9)7-12;/h2-7H,1H3,(H,15,16);1H. The van der Waals surface area contributed by atoms with Gasteiger partial charge in [0.2, 0.25) is 0 Å². The van der Waals surface area contributed by atoms with Crippen molar-refractivity contribution in [2.75, 3.05) is 0 Å². The van der Waals surface area contributed by atoms with E-state index in [0.717, 1.165) is 10.8 Å². The zero-order chi connectivity index (χ0) is 12.4. The lowest BCUT2D eigenvalue weighted by Gasteiger charge is -2.04. The average Bonchev–Trinajstić information content (AvgIpc) is 2.27. The summed E-state index contributed by atoms with van der Waals surface area (Å²) < 4.78 is 4.94. The van der Waals surface area contributed by atoms with Crippen LogP contribution >= 0.6 is 12.4 Å². The van der Waals surface area contributed by atoms with Gasteiger partial charge in [-0.15, -0.1) is 12.4 Å². The van der Waals surface area contributed by atoms with Crippen molar-refractivity contribution in [3.63, 3.8) is 0 Å². The molecular formula is C13H11ClO4. The first-order valence-corrected chi connectivity index (χ1v) is 5.02. The van der Waals surface area contributed by atoms with Gasteiger partial charge in [0, 0.05) is 6.92 Å². The van der Waals surface area contributed by atoms with E-state index in [1.807, 2.05) is 0 Å². The van der Waals surface area contributed by atoms with Gasteiger partial charge in [-0.25, -0.2) is 4.79 Å². The van der Waals surface area contributed by atoms with Crippen molar-refractivity contribution in [1.82, 2.24) is 0 Å². The Morgan fingerprint density at radius 3 is 2.28 bits per heavy atom. The van der Waals surface area contributed by atoms with Crippen molar-refractivity contribution >= 4 is 35.1 Å². The summed E-state index contributed by atoms with van der Waals surface area (Å²) >= 11 is 0. The summed E-state index contributed by atoms with van der Waals surface area (Å²) in [6.07, 6.45) is 0. The molecule has 94 valence electrons. The van der Waals surface area contributed by atoms with Crippen LogP contribution in [-0.2, 0) is 4.79 Å². The Hall–Kier alpha value is -2.07. The number of esters is 1. The molecule has 0 radical (unpaired) electrons. The smallest absolute Gasteiger partial charge is 0.335 e. The van der Waals surface area contributed by atoms with Crippen molar-refractivity contribution in [1.29, 1.82) is 0 Å². The highest BCUT2D eigenvalue weighted by Gasteiger charge is 2.05. The molecule has 0 fully saturated rings. The van der Waals surface area contributed by atoms with Crippen LogP contribution in [0.1, 0.15) is 17.3 Å². The van der Waals surface area contributed by atoms with Crippen molar-refractivity contribution in [2.24, 2.45) is 0 Å². The molecule has 0 atom stereocenters. The molecule has 0 aliphatic rings. The quantitative estimate of drug-likeness (QED) is 0.671. The van der Waals surface area contributed by atoms with Gasteiger partial charge in [0.05, 0.1) is 5.56 Å². The third-order valence-corrected chi connectivity index (χ3v) is 2.32. The zero-order valence-electron chi connectivity index (χ0n) is 9.54. The molecule has 4 nitrogen and oxygen atoms in total. The summed E-state index contributed by atoms with van der Waals surface area (Å²) in [4.78, 5) is 21.6. The fourth-order valence-electron chi connectivity index (χ4n) is 1.59. The number of carbonyl (C=O) groups excluding carboxylic acids is 1. The van der Waals surface area contributed by atoms with Crippen LogP contribution in [0.4, 0.5) is 0 Å². The number of carbonyl (C=O) groups is 2. The van der Waals surface area contributed by atoms with Crippen LogP contribution in [0, 0.1) is 0 Å². The van der Waals surface area contributed by atoms with Crippen LogP contribution in [0.3, 0.4) is 0 Å². The molecular weight excluding hydrogens is 256 g/mol. The number of rotatable bonds is 2. The minimum atomic E-state index is -0.962. The van der Waals surface area contributed by atoms with Crippen LogP contribution in [0.5, 0.6) is 5.75 Å². The van der Waals surface area contributed by atoms with Gasteiger partial charge in [-0.1, -0.05) is 12.1 Å². The van der Waals surface area contributed by atoms with E-state index in [2.05, 4.69) is 0 Å². The Morgan fingerprint density at radius 2 is 1.67 bits per heavy atom. The summed E-state index contributed by atoms with van der Waals surface area (Å²) in [7, 11) is 0. The van der Waals surface area contributed by atoms with Gasteiger partial charge in [0.1, 0.15) is 5.75 Å². The van der Waals surface area contributed by atoms with Gasteiger partial charge in [-0.2, -0.15) is 0 Å². The molecule has 2 aromatic carbocycles. The monoisotopic (exact) mass is 266 g/mol. The van der Waals surface area contributed by atoms with E-state index in [-0.39, 0.29) is 23.9 Å². The van der Waals surface area contributed by atoms with Gasteiger partial charge in [0.25, 0.3) is 0 Å². The van der Waals surface area contributed by atoms with Crippen LogP contribution < -0.4 is 4.74 Å². The number of halogens is 1. The van der Waals surface area contributed by atoms with E-state index in [4.69, 9.17) is 9.84 Å². The molecule has 0 saturated carbocycles. The Morgan fingerprint density at radius 1 is 1.06 bits per heavy atom. The molecule has 0 unspecified atom stereocenters. The van der Waals surface area contributed by atoms with E-state index in [1.165, 1.54) is 13.0 Å². The highest BCUT2D eigenvalue weighted by Crippen LogP contribution is 2.22. The average molecular weight is 267 g/mol. The molecule has 2 aromatic rings. The number of hydrogen-bond donors (Lipinski definition) is 1. The second-order valence-electron chi connectivity index (χ2n) is 3.62. The highest BCUT2D eigenvalue weighted by molar-refractivity contribution is 5.94. The lowest BCUT2D eigenvalue weighted by Crippen LogP contribution is -2.01. The molecule has 0 amide bonds. The Balaban J connectivity index is 0.00000162. The van der Waals surface area contributed by atoms with Crippen LogP contribution in [0.25, 0.3) is 10.8 Å². The predicted octanol–water partition coefficient (Wildman–Crippen LogP) is 2.89. The minimum absolute atomic E-state index is 0. The van der Waals surface area contributed by atoms with Crippen LogP contribution in [0.2, 0.25) is 0 Å². The Labute approximate surface area is 110 Å². The third kappa shape index (κ3) is 2.99. The number of hydrogen-bond acceptors (Lipinski definition) is 3. The van der Waals surface area contributed by atoms with Crippen molar-refractivity contribution in [3.05, 3.63) is 42.0 Å². The zero-order valence-corrected chi connectivity index (χ0v) is 10.4. The summed E-state index contributed by atoms with van der Waals surface area (Å²) in [6, 6.07) is 9.83. The van der Waals surface area contributed by atoms with Gasteiger partial charge >= 0.3 is 11.9 Å². The van der Waals surface area contributed by atoms with Crippen molar-refractivity contribution < 1.29 is 19.4 Å². The number of fused-ring (bicyclic) bond motifs is 1. The molecule has 2 rings (SSSR count). The maximum absolute atomic E-state index is 10.8. The van der Waals surface area contributed by atoms with E-state index in [9.17, 15) is 9.59 Å². The Kier molecular flexibility index (Phi) is 4.28. The lowest BCUT2D eigenvalue weighted by molar-refractivity contribution is -0.131. The summed E-state index contributed by atoms with van der Waals surface area (Å²) in [6.45, 7) is 1.33. The van der Waals surface area contributed by atoms with Crippen LogP contribution in [0.15, 0.2) is 36.4 Å². The summed E-state index contributed by atoms with van der Waals surface area (Å²) in [5.74, 6) is -0.893. The van der Waals surface area contributed by atoms with Crippen LogP contribution in [-0.4, -0.2) is 17.0 Å². The second kappa shape index (κ2) is 5.51. The lowest BCUT2D eigenvalue weighted by atomic mass is 10.1. The maximum Gasteiger partial charge on any atom is 0.335 e. The molecule has 0 bridgehead atoms. The third-order valence-electron chi connectivity index (χ3n) is 2.32. The number of benzene rings is 2.